The molecule has 0 aromatic carbocycles. The molecule has 17 heavy (non-hydrogen) atoms. The van der Waals surface area contributed by atoms with Crippen LogP contribution < -0.4 is 0 Å². The SMILES string of the molecule is CCN(Cc1cccn(COC)c1=S)C(C)=O. The molecule has 1 aromatic heterocycles. The van der Waals surface area contributed by atoms with Crippen LogP contribution in [0.4, 0.5) is 0 Å². The van der Waals surface area contributed by atoms with Gasteiger partial charge < -0.3 is 14.2 Å². The Kier molecular flexibility index (Phi) is 5.31. The lowest BCUT2D eigenvalue weighted by Crippen LogP contribution is -2.28. The van der Waals surface area contributed by atoms with E-state index in [-0.39, 0.29) is 5.91 Å². The van der Waals surface area contributed by atoms with Gasteiger partial charge in [0.25, 0.3) is 0 Å². The van der Waals surface area contributed by atoms with Crippen LogP contribution in [0.15, 0.2) is 18.3 Å². The van der Waals surface area contributed by atoms with Crippen LogP contribution in [-0.4, -0.2) is 29.0 Å². The standard InChI is InChI=1S/C12H18N2O2S/c1-4-13(10(2)15)8-11-6-5-7-14(9-16-3)12(11)17/h5-7H,4,8-9H2,1-3H3. The average molecular weight is 254 g/mol. The molecule has 0 aliphatic carbocycles. The van der Waals surface area contributed by atoms with E-state index in [2.05, 4.69) is 0 Å². The van der Waals surface area contributed by atoms with E-state index in [0.29, 0.717) is 24.5 Å². The lowest BCUT2D eigenvalue weighted by atomic mass is 10.2. The topological polar surface area (TPSA) is 34.5 Å². The second-order valence-corrected chi connectivity index (χ2v) is 4.15. The molecule has 94 valence electrons. The normalized spacial score (nSPS) is 10.3. The van der Waals surface area contributed by atoms with E-state index in [1.54, 1.807) is 18.9 Å². The Hall–Kier alpha value is -1.20. The number of aromatic nitrogens is 1. The first kappa shape index (κ1) is 13.9. The molecule has 5 heteroatoms. The zero-order chi connectivity index (χ0) is 12.8. The van der Waals surface area contributed by atoms with Gasteiger partial charge in [0.1, 0.15) is 11.4 Å². The van der Waals surface area contributed by atoms with E-state index in [1.807, 2.05) is 29.8 Å². The summed E-state index contributed by atoms with van der Waals surface area (Å²) in [6.07, 6.45) is 1.87. The summed E-state index contributed by atoms with van der Waals surface area (Å²) in [4.78, 5) is 13.1. The third-order valence-electron chi connectivity index (χ3n) is 2.56. The molecule has 0 N–H and O–H groups in total. The number of carbonyl (C=O) groups is 1. The first-order valence-corrected chi connectivity index (χ1v) is 5.93. The quantitative estimate of drug-likeness (QED) is 0.755. The molecule has 1 heterocycles. The molecule has 0 spiro atoms. The second-order valence-electron chi connectivity index (χ2n) is 3.76. The Labute approximate surface area is 107 Å². The number of methoxy groups -OCH3 is 1. The molecule has 0 saturated heterocycles. The largest absolute Gasteiger partial charge is 0.364 e. The van der Waals surface area contributed by atoms with Crippen molar-refractivity contribution in [3.8, 4) is 0 Å². The van der Waals surface area contributed by atoms with Crippen LogP contribution in [0.1, 0.15) is 19.4 Å². The van der Waals surface area contributed by atoms with Crippen LogP contribution in [0, 0.1) is 4.64 Å². The van der Waals surface area contributed by atoms with Gasteiger partial charge in [-0.2, -0.15) is 0 Å². The molecule has 0 unspecified atom stereocenters. The highest BCUT2D eigenvalue weighted by Gasteiger charge is 2.08. The summed E-state index contributed by atoms with van der Waals surface area (Å²) in [5.74, 6) is 0.0593. The summed E-state index contributed by atoms with van der Waals surface area (Å²) in [6.45, 7) is 5.19. The summed E-state index contributed by atoms with van der Waals surface area (Å²) in [7, 11) is 1.63. The molecule has 0 radical (unpaired) electrons. The highest BCUT2D eigenvalue weighted by molar-refractivity contribution is 7.71. The number of ether oxygens (including phenoxy) is 1. The molecule has 0 atom stereocenters. The van der Waals surface area contributed by atoms with E-state index in [9.17, 15) is 4.79 Å². The summed E-state index contributed by atoms with van der Waals surface area (Å²) in [5.41, 5.74) is 0.969. The van der Waals surface area contributed by atoms with E-state index >= 15 is 0 Å². The summed E-state index contributed by atoms with van der Waals surface area (Å²) in [6, 6.07) is 3.86. The van der Waals surface area contributed by atoms with E-state index < -0.39 is 0 Å². The minimum Gasteiger partial charge on any atom is -0.364 e. The Morgan fingerprint density at radius 1 is 1.59 bits per heavy atom. The van der Waals surface area contributed by atoms with Gasteiger partial charge in [0.15, 0.2) is 0 Å². The number of pyridine rings is 1. The van der Waals surface area contributed by atoms with Gasteiger partial charge in [-0.05, 0) is 13.0 Å². The maximum Gasteiger partial charge on any atom is 0.219 e. The van der Waals surface area contributed by atoms with E-state index in [4.69, 9.17) is 17.0 Å². The Morgan fingerprint density at radius 3 is 2.82 bits per heavy atom. The summed E-state index contributed by atoms with van der Waals surface area (Å²) >= 11 is 5.36. The monoisotopic (exact) mass is 254 g/mol. The predicted octanol–water partition coefficient (Wildman–Crippen LogP) is 2.19. The van der Waals surface area contributed by atoms with Gasteiger partial charge in [-0.25, -0.2) is 0 Å². The van der Waals surface area contributed by atoms with Crippen LogP contribution in [0.5, 0.6) is 0 Å². The fraction of sp³-hybridized carbons (Fsp3) is 0.500. The molecule has 0 bridgehead atoms. The van der Waals surface area contributed by atoms with Crippen LogP contribution in [0.2, 0.25) is 0 Å². The molecule has 0 fully saturated rings. The van der Waals surface area contributed by atoms with Gasteiger partial charge in [-0.3, -0.25) is 4.79 Å². The zero-order valence-corrected chi connectivity index (χ0v) is 11.3. The van der Waals surface area contributed by atoms with Crippen molar-refractivity contribution < 1.29 is 9.53 Å². The Balaban J connectivity index is 2.95. The molecule has 0 aliphatic rings. The van der Waals surface area contributed by atoms with Crippen molar-refractivity contribution in [1.82, 2.24) is 9.47 Å². The second kappa shape index (κ2) is 6.51. The fourth-order valence-corrected chi connectivity index (χ4v) is 1.85. The average Bonchev–Trinajstić information content (AvgIpc) is 2.30. The molecule has 4 nitrogen and oxygen atoms in total. The van der Waals surface area contributed by atoms with Gasteiger partial charge in [-0.15, -0.1) is 0 Å². The van der Waals surface area contributed by atoms with Gasteiger partial charge in [0.2, 0.25) is 5.91 Å². The Bertz CT molecular complexity index is 442. The van der Waals surface area contributed by atoms with Gasteiger partial charge in [0.05, 0.1) is 0 Å². The van der Waals surface area contributed by atoms with Crippen LogP contribution in [-0.2, 0) is 22.8 Å². The summed E-state index contributed by atoms with van der Waals surface area (Å²) < 4.78 is 7.62. The lowest BCUT2D eigenvalue weighted by Gasteiger charge is -2.19. The number of carbonyl (C=O) groups excluding carboxylic acids is 1. The van der Waals surface area contributed by atoms with Crippen molar-refractivity contribution in [2.75, 3.05) is 13.7 Å². The third kappa shape index (κ3) is 3.64. The van der Waals surface area contributed by atoms with Gasteiger partial charge in [0, 0.05) is 38.9 Å². The maximum absolute atomic E-state index is 11.4. The minimum absolute atomic E-state index is 0.0593. The molecule has 0 aliphatic heterocycles. The molecule has 1 aromatic rings. The highest BCUT2D eigenvalue weighted by Crippen LogP contribution is 2.08. The van der Waals surface area contributed by atoms with Crippen LogP contribution in [0.3, 0.4) is 0 Å². The molecule has 1 rings (SSSR count). The van der Waals surface area contributed by atoms with Crippen LogP contribution in [0.25, 0.3) is 0 Å². The predicted molar refractivity (Wildman–Crippen MR) is 69.0 cm³/mol. The highest BCUT2D eigenvalue weighted by atomic mass is 32.1. The first-order valence-electron chi connectivity index (χ1n) is 5.53. The van der Waals surface area contributed by atoms with Crippen LogP contribution >= 0.6 is 12.2 Å². The fourth-order valence-electron chi connectivity index (χ4n) is 1.60. The number of hydrogen-bond acceptors (Lipinski definition) is 3. The zero-order valence-electron chi connectivity index (χ0n) is 10.5. The number of hydrogen-bond donors (Lipinski definition) is 0. The molecular weight excluding hydrogens is 236 g/mol. The number of nitrogens with zero attached hydrogens (tertiary/aromatic N) is 2. The maximum atomic E-state index is 11.4. The van der Waals surface area contributed by atoms with Crippen molar-refractivity contribution >= 4 is 18.1 Å². The van der Waals surface area contributed by atoms with Crippen molar-refractivity contribution in [2.45, 2.75) is 27.1 Å². The first-order chi connectivity index (χ1) is 8.10. The van der Waals surface area contributed by atoms with E-state index in [1.165, 1.54) is 0 Å². The van der Waals surface area contributed by atoms with Gasteiger partial charge >= 0.3 is 0 Å². The molecular formula is C12H18N2O2S. The van der Waals surface area contributed by atoms with Gasteiger partial charge in [-0.1, -0.05) is 18.3 Å². The van der Waals surface area contributed by atoms with Crippen molar-refractivity contribution in [3.63, 3.8) is 0 Å². The van der Waals surface area contributed by atoms with Crippen molar-refractivity contribution in [2.24, 2.45) is 0 Å². The van der Waals surface area contributed by atoms with Crippen molar-refractivity contribution in [3.05, 3.63) is 28.5 Å². The summed E-state index contributed by atoms with van der Waals surface area (Å²) in [5, 5.41) is 0. The Morgan fingerprint density at radius 2 is 2.29 bits per heavy atom. The molecule has 1 amide bonds. The molecule has 0 saturated carbocycles. The third-order valence-corrected chi connectivity index (χ3v) is 3.05. The number of rotatable bonds is 5. The number of amides is 1. The minimum atomic E-state index is 0.0593. The van der Waals surface area contributed by atoms with E-state index in [0.717, 1.165) is 5.56 Å². The van der Waals surface area contributed by atoms with Crippen molar-refractivity contribution in [1.29, 1.82) is 0 Å². The smallest absolute Gasteiger partial charge is 0.219 e. The lowest BCUT2D eigenvalue weighted by molar-refractivity contribution is -0.129.